The van der Waals surface area contributed by atoms with Crippen LogP contribution in [-0.2, 0) is 9.53 Å². The lowest BCUT2D eigenvalue weighted by atomic mass is 10.0. The van der Waals surface area contributed by atoms with Crippen LogP contribution in [0.4, 0.5) is 13.2 Å². The third-order valence-electron chi connectivity index (χ3n) is 3.20. The number of benzene rings is 1. The summed E-state index contributed by atoms with van der Waals surface area (Å²) in [6.07, 6.45) is -3.60. The van der Waals surface area contributed by atoms with Gasteiger partial charge in [0.05, 0.1) is 19.1 Å². The lowest BCUT2D eigenvalue weighted by Crippen LogP contribution is -2.26. The number of carbonyl (C=O) groups is 2. The molecule has 1 amide bonds. The Morgan fingerprint density at radius 3 is 2.68 bits per heavy atom. The molecule has 0 aromatic heterocycles. The summed E-state index contributed by atoms with van der Waals surface area (Å²) in [5, 5.41) is 0. The van der Waals surface area contributed by atoms with Gasteiger partial charge in [-0.3, -0.25) is 4.79 Å². The van der Waals surface area contributed by atoms with Gasteiger partial charge in [-0.2, -0.15) is 13.2 Å². The molecule has 0 radical (unpaired) electrons. The summed E-state index contributed by atoms with van der Waals surface area (Å²) in [4.78, 5) is 24.4. The molecular formula is C15H14F3NO3. The van der Waals surface area contributed by atoms with Gasteiger partial charge in [-0.1, -0.05) is 18.2 Å². The van der Waals surface area contributed by atoms with Gasteiger partial charge in [-0.15, -0.1) is 0 Å². The second kappa shape index (κ2) is 6.21. The van der Waals surface area contributed by atoms with Gasteiger partial charge in [0, 0.05) is 17.8 Å². The second-order valence-corrected chi connectivity index (χ2v) is 4.70. The smallest absolute Gasteiger partial charge is 0.391 e. The van der Waals surface area contributed by atoms with Gasteiger partial charge < -0.3 is 9.64 Å². The molecule has 1 unspecified atom stereocenters. The van der Waals surface area contributed by atoms with Crippen LogP contribution in [0.5, 0.6) is 0 Å². The van der Waals surface area contributed by atoms with Gasteiger partial charge in [0.2, 0.25) is 0 Å². The number of fused-ring (bicyclic) bond motifs is 1. The number of amides is 1. The lowest BCUT2D eigenvalue weighted by Gasteiger charge is -2.22. The number of nitrogens with zero attached hydrogens (tertiary/aromatic N) is 1. The van der Waals surface area contributed by atoms with Crippen molar-refractivity contribution in [2.75, 3.05) is 6.61 Å². The maximum atomic E-state index is 12.8. The molecule has 7 heteroatoms. The first-order valence-electron chi connectivity index (χ1n) is 6.66. The van der Waals surface area contributed by atoms with E-state index >= 15 is 0 Å². The summed E-state index contributed by atoms with van der Waals surface area (Å²) < 4.78 is 43.0. The Hall–Kier alpha value is -2.31. The van der Waals surface area contributed by atoms with E-state index in [9.17, 15) is 22.8 Å². The highest BCUT2D eigenvalue weighted by Gasteiger charge is 2.42. The molecule has 0 saturated heterocycles. The molecule has 1 aromatic carbocycles. The number of esters is 1. The average Bonchev–Trinajstić information content (AvgIpc) is 2.69. The van der Waals surface area contributed by atoms with Crippen LogP contribution in [0.25, 0.3) is 0 Å². The number of hydrogen-bond donors (Lipinski definition) is 0. The van der Waals surface area contributed by atoms with Crippen molar-refractivity contribution in [1.82, 2.24) is 4.90 Å². The van der Waals surface area contributed by atoms with Crippen molar-refractivity contribution in [3.63, 3.8) is 0 Å². The number of rotatable bonds is 4. The molecule has 1 atom stereocenters. The molecule has 22 heavy (non-hydrogen) atoms. The van der Waals surface area contributed by atoms with Crippen molar-refractivity contribution in [3.05, 3.63) is 47.7 Å². The Morgan fingerprint density at radius 2 is 2.05 bits per heavy atom. The van der Waals surface area contributed by atoms with Gasteiger partial charge in [-0.25, -0.2) is 4.79 Å². The van der Waals surface area contributed by atoms with Crippen LogP contribution in [0, 0.1) is 0 Å². The van der Waals surface area contributed by atoms with Crippen molar-refractivity contribution in [2.24, 2.45) is 0 Å². The standard InChI is InChI=1S/C15H14F3NO3/c1-2-22-13(20)7-8-19-12(9-15(16,17)18)10-5-3-4-6-11(10)14(19)21/h3-8,12H,2,9H2,1H3/b8-7+. The fourth-order valence-electron chi connectivity index (χ4n) is 2.34. The summed E-state index contributed by atoms with van der Waals surface area (Å²) in [6.45, 7) is 1.75. The maximum absolute atomic E-state index is 12.8. The Labute approximate surface area is 125 Å². The van der Waals surface area contributed by atoms with Crippen LogP contribution in [0.15, 0.2) is 36.5 Å². The molecule has 2 rings (SSSR count). The predicted molar refractivity (Wildman–Crippen MR) is 71.8 cm³/mol. The molecular weight excluding hydrogens is 299 g/mol. The van der Waals surface area contributed by atoms with Crippen LogP contribution in [0.3, 0.4) is 0 Å². The lowest BCUT2D eigenvalue weighted by molar-refractivity contribution is -0.143. The summed E-state index contributed by atoms with van der Waals surface area (Å²) in [6, 6.07) is 4.95. The maximum Gasteiger partial charge on any atom is 0.391 e. The van der Waals surface area contributed by atoms with Crippen LogP contribution in [-0.4, -0.2) is 29.6 Å². The molecule has 1 aromatic rings. The van der Waals surface area contributed by atoms with Gasteiger partial charge in [-0.05, 0) is 18.6 Å². The Morgan fingerprint density at radius 1 is 1.36 bits per heavy atom. The van der Waals surface area contributed by atoms with Gasteiger partial charge in [0.25, 0.3) is 5.91 Å². The average molecular weight is 313 g/mol. The number of ether oxygens (including phenoxy) is 1. The zero-order chi connectivity index (χ0) is 16.3. The molecule has 1 aliphatic rings. The van der Waals surface area contributed by atoms with Crippen molar-refractivity contribution in [2.45, 2.75) is 25.6 Å². The molecule has 0 bridgehead atoms. The van der Waals surface area contributed by atoms with Crippen LogP contribution < -0.4 is 0 Å². The van der Waals surface area contributed by atoms with Crippen molar-refractivity contribution in [1.29, 1.82) is 0 Å². The van der Waals surface area contributed by atoms with E-state index in [0.29, 0.717) is 5.56 Å². The van der Waals surface area contributed by atoms with E-state index in [4.69, 9.17) is 0 Å². The van der Waals surface area contributed by atoms with Crippen LogP contribution in [0.2, 0.25) is 0 Å². The fourth-order valence-corrected chi connectivity index (χ4v) is 2.34. The first-order valence-corrected chi connectivity index (χ1v) is 6.66. The Kier molecular flexibility index (Phi) is 4.54. The minimum absolute atomic E-state index is 0.142. The zero-order valence-corrected chi connectivity index (χ0v) is 11.8. The molecule has 0 spiro atoms. The largest absolute Gasteiger partial charge is 0.463 e. The topological polar surface area (TPSA) is 46.6 Å². The van der Waals surface area contributed by atoms with Crippen molar-refractivity contribution < 1.29 is 27.5 Å². The summed E-state index contributed by atoms with van der Waals surface area (Å²) in [5.41, 5.74) is 0.517. The minimum Gasteiger partial charge on any atom is -0.463 e. The molecule has 1 aliphatic heterocycles. The van der Waals surface area contributed by atoms with Crippen LogP contribution in [0.1, 0.15) is 35.3 Å². The van der Waals surface area contributed by atoms with Crippen molar-refractivity contribution >= 4 is 11.9 Å². The fraction of sp³-hybridized carbons (Fsp3) is 0.333. The molecule has 0 saturated carbocycles. The van der Waals surface area contributed by atoms with E-state index in [-0.39, 0.29) is 12.2 Å². The first kappa shape index (κ1) is 16.1. The Balaban J connectivity index is 2.31. The SMILES string of the molecule is CCOC(=O)/C=C/N1C(=O)c2ccccc2C1CC(F)(F)F. The summed E-state index contributed by atoms with van der Waals surface area (Å²) >= 11 is 0. The molecule has 118 valence electrons. The third-order valence-corrected chi connectivity index (χ3v) is 3.20. The predicted octanol–water partition coefficient (Wildman–Crippen LogP) is 3.21. The van der Waals surface area contributed by atoms with E-state index in [1.165, 1.54) is 12.1 Å². The number of alkyl halides is 3. The monoisotopic (exact) mass is 313 g/mol. The van der Waals surface area contributed by atoms with Gasteiger partial charge in [0.15, 0.2) is 0 Å². The zero-order valence-electron chi connectivity index (χ0n) is 11.8. The van der Waals surface area contributed by atoms with E-state index in [1.54, 1.807) is 19.1 Å². The minimum atomic E-state index is -4.43. The highest BCUT2D eigenvalue weighted by Crippen LogP contribution is 2.40. The Bertz CT molecular complexity index is 610. The normalized spacial score (nSPS) is 17.9. The first-order chi connectivity index (χ1) is 10.3. The highest BCUT2D eigenvalue weighted by atomic mass is 19.4. The molecule has 0 N–H and O–H groups in total. The van der Waals surface area contributed by atoms with E-state index in [1.807, 2.05) is 0 Å². The number of hydrogen-bond acceptors (Lipinski definition) is 3. The third kappa shape index (κ3) is 3.47. The van der Waals surface area contributed by atoms with Gasteiger partial charge >= 0.3 is 12.1 Å². The quantitative estimate of drug-likeness (QED) is 0.633. The molecule has 0 aliphatic carbocycles. The molecule has 1 heterocycles. The number of carbonyl (C=O) groups excluding carboxylic acids is 2. The molecule has 4 nitrogen and oxygen atoms in total. The van der Waals surface area contributed by atoms with Crippen LogP contribution >= 0.6 is 0 Å². The number of halogens is 3. The van der Waals surface area contributed by atoms with E-state index in [0.717, 1.165) is 17.2 Å². The van der Waals surface area contributed by atoms with E-state index in [2.05, 4.69) is 4.74 Å². The summed E-state index contributed by atoms with van der Waals surface area (Å²) in [5.74, 6) is -1.28. The van der Waals surface area contributed by atoms with Crippen molar-refractivity contribution in [3.8, 4) is 0 Å². The van der Waals surface area contributed by atoms with Gasteiger partial charge in [0.1, 0.15) is 0 Å². The second-order valence-electron chi connectivity index (χ2n) is 4.70. The highest BCUT2D eigenvalue weighted by molar-refractivity contribution is 6.00. The summed E-state index contributed by atoms with van der Waals surface area (Å²) in [7, 11) is 0. The van der Waals surface area contributed by atoms with E-state index < -0.39 is 30.5 Å². The molecule has 0 fully saturated rings.